The lowest BCUT2D eigenvalue weighted by molar-refractivity contribution is -0.214. The van der Waals surface area contributed by atoms with Gasteiger partial charge in [-0.2, -0.15) is 0 Å². The summed E-state index contributed by atoms with van der Waals surface area (Å²) in [6.07, 6.45) is -0.00689. The van der Waals surface area contributed by atoms with Gasteiger partial charge < -0.3 is 24.7 Å². The van der Waals surface area contributed by atoms with Crippen molar-refractivity contribution in [1.29, 1.82) is 0 Å². The number of fused-ring (bicyclic) bond motifs is 1. The lowest BCUT2D eigenvalue weighted by Crippen LogP contribution is -2.53. The number of nitrogens with two attached hydrogens (primary N) is 1. The summed E-state index contributed by atoms with van der Waals surface area (Å²) in [5, 5.41) is 0. The Labute approximate surface area is 174 Å². The van der Waals surface area contributed by atoms with Crippen molar-refractivity contribution < 1.29 is 23.7 Å². The van der Waals surface area contributed by atoms with Crippen molar-refractivity contribution in [3.63, 3.8) is 0 Å². The van der Waals surface area contributed by atoms with E-state index < -0.39 is 34.7 Å². The largest absolute Gasteiger partial charge is 0.462 e. The first-order valence-corrected chi connectivity index (χ1v) is 10.1. The standard InChI is InChI=1S/C20H31N3O7/c1-11(2)29-17(25)19(3,4)10-28-15-8-12-13(9-27-15)30-16(20(12,5)21)23-7-6-14(24)22-18(23)26/h6-7,11-13,15-16H,8-10,21H2,1-5H3,(H,22,24,26)/t12-,13-,15+,16-,20-/m1/s1. The van der Waals surface area contributed by atoms with Crippen molar-refractivity contribution in [3.05, 3.63) is 33.1 Å². The molecule has 3 heterocycles. The van der Waals surface area contributed by atoms with E-state index in [4.69, 9.17) is 24.7 Å². The van der Waals surface area contributed by atoms with Crippen LogP contribution in [0.5, 0.6) is 0 Å². The number of nitrogens with one attached hydrogen (secondary N) is 1. The summed E-state index contributed by atoms with van der Waals surface area (Å²) in [7, 11) is 0. The Hall–Kier alpha value is -2.01. The minimum atomic E-state index is -0.899. The number of ether oxygens (including phenoxy) is 4. The molecule has 2 aliphatic heterocycles. The van der Waals surface area contributed by atoms with Crippen LogP contribution in [0.3, 0.4) is 0 Å². The van der Waals surface area contributed by atoms with E-state index >= 15 is 0 Å². The lowest BCUT2D eigenvalue weighted by atomic mass is 9.80. The first-order chi connectivity index (χ1) is 13.9. The molecule has 2 fully saturated rings. The van der Waals surface area contributed by atoms with Crippen LogP contribution in [-0.4, -0.2) is 52.8 Å². The topological polar surface area (TPSA) is 135 Å². The molecule has 168 valence electrons. The van der Waals surface area contributed by atoms with Gasteiger partial charge in [-0.25, -0.2) is 4.79 Å². The van der Waals surface area contributed by atoms with E-state index in [0.717, 1.165) is 0 Å². The molecular formula is C20H31N3O7. The highest BCUT2D eigenvalue weighted by Gasteiger charge is 2.55. The predicted molar refractivity (Wildman–Crippen MR) is 107 cm³/mol. The van der Waals surface area contributed by atoms with Crippen LogP contribution in [0.4, 0.5) is 0 Å². The van der Waals surface area contributed by atoms with Gasteiger partial charge >= 0.3 is 11.7 Å². The first kappa shape index (κ1) is 22.7. The second kappa shape index (κ2) is 8.26. The maximum Gasteiger partial charge on any atom is 0.330 e. The third kappa shape index (κ3) is 4.51. The highest BCUT2D eigenvalue weighted by Crippen LogP contribution is 2.45. The number of carbonyl (C=O) groups excluding carboxylic acids is 1. The van der Waals surface area contributed by atoms with Gasteiger partial charge in [0.15, 0.2) is 12.5 Å². The van der Waals surface area contributed by atoms with Gasteiger partial charge in [0.2, 0.25) is 0 Å². The number of rotatable bonds is 6. The normalized spacial score (nSPS) is 31.6. The number of carbonyl (C=O) groups is 1. The summed E-state index contributed by atoms with van der Waals surface area (Å²) in [5.74, 6) is -0.484. The number of hydrogen-bond donors (Lipinski definition) is 2. The van der Waals surface area contributed by atoms with Gasteiger partial charge in [-0.3, -0.25) is 19.1 Å². The van der Waals surface area contributed by atoms with Crippen LogP contribution >= 0.6 is 0 Å². The Morgan fingerprint density at radius 3 is 2.77 bits per heavy atom. The SMILES string of the molecule is CC(C)OC(=O)C(C)(C)CO[C@H]1C[C@@H]2[C@@H](CO1)O[C@@H](n1ccc(=O)[nH]c1=O)[C@]2(C)N. The number of aromatic amines is 1. The Kier molecular flexibility index (Phi) is 6.24. The summed E-state index contributed by atoms with van der Waals surface area (Å²) in [6, 6.07) is 1.25. The second-order valence-corrected chi connectivity index (χ2v) is 9.16. The van der Waals surface area contributed by atoms with Crippen molar-refractivity contribution in [2.45, 2.75) is 71.3 Å². The number of esters is 1. The predicted octanol–water partition coefficient (Wildman–Crippen LogP) is 0.508. The Morgan fingerprint density at radius 1 is 1.43 bits per heavy atom. The monoisotopic (exact) mass is 425 g/mol. The molecule has 0 unspecified atom stereocenters. The summed E-state index contributed by atoms with van der Waals surface area (Å²) < 4.78 is 24.3. The Bertz CT molecular complexity index is 889. The molecule has 3 N–H and O–H groups in total. The quantitative estimate of drug-likeness (QED) is 0.630. The molecule has 0 radical (unpaired) electrons. The average Bonchev–Trinajstić information content (AvgIpc) is 2.90. The summed E-state index contributed by atoms with van der Waals surface area (Å²) in [6.45, 7) is 9.30. The second-order valence-electron chi connectivity index (χ2n) is 9.16. The molecule has 0 amide bonds. The van der Waals surface area contributed by atoms with E-state index in [-0.39, 0.29) is 37.3 Å². The third-order valence-corrected chi connectivity index (χ3v) is 5.61. The molecule has 2 aliphatic rings. The lowest BCUT2D eigenvalue weighted by Gasteiger charge is -2.37. The van der Waals surface area contributed by atoms with Crippen molar-refractivity contribution >= 4 is 5.97 Å². The maximum atomic E-state index is 12.2. The third-order valence-electron chi connectivity index (χ3n) is 5.61. The van der Waals surface area contributed by atoms with Crippen molar-refractivity contribution in [2.24, 2.45) is 17.1 Å². The van der Waals surface area contributed by atoms with Crippen LogP contribution in [0.1, 0.15) is 47.3 Å². The van der Waals surface area contributed by atoms with Crippen molar-refractivity contribution in [1.82, 2.24) is 9.55 Å². The van der Waals surface area contributed by atoms with Gasteiger partial charge in [-0.15, -0.1) is 0 Å². The average molecular weight is 425 g/mol. The molecule has 0 bridgehead atoms. The summed E-state index contributed by atoms with van der Waals surface area (Å²) >= 11 is 0. The van der Waals surface area contributed by atoms with Gasteiger partial charge in [0.1, 0.15) is 0 Å². The van der Waals surface area contributed by atoms with Crippen LogP contribution in [0.15, 0.2) is 21.9 Å². The fourth-order valence-corrected chi connectivity index (χ4v) is 3.86. The molecule has 30 heavy (non-hydrogen) atoms. The summed E-state index contributed by atoms with van der Waals surface area (Å²) in [4.78, 5) is 38.0. The highest BCUT2D eigenvalue weighted by atomic mass is 16.7. The van der Waals surface area contributed by atoms with E-state index in [1.165, 1.54) is 16.8 Å². The van der Waals surface area contributed by atoms with E-state index in [9.17, 15) is 14.4 Å². The Morgan fingerprint density at radius 2 is 2.13 bits per heavy atom. The summed E-state index contributed by atoms with van der Waals surface area (Å²) in [5.41, 5.74) is 3.81. The van der Waals surface area contributed by atoms with Gasteiger partial charge in [0, 0.05) is 24.6 Å². The molecule has 3 rings (SSSR count). The van der Waals surface area contributed by atoms with Crippen LogP contribution in [-0.2, 0) is 23.7 Å². The zero-order valence-corrected chi connectivity index (χ0v) is 18.0. The molecule has 0 aromatic carbocycles. The minimum absolute atomic E-state index is 0.131. The van der Waals surface area contributed by atoms with Gasteiger partial charge in [0.05, 0.1) is 36.4 Å². The molecular weight excluding hydrogens is 394 g/mol. The highest BCUT2D eigenvalue weighted by molar-refractivity contribution is 5.76. The molecule has 0 aliphatic carbocycles. The van der Waals surface area contributed by atoms with E-state index in [1.54, 1.807) is 27.7 Å². The van der Waals surface area contributed by atoms with Gasteiger partial charge in [0.25, 0.3) is 5.56 Å². The van der Waals surface area contributed by atoms with Crippen molar-refractivity contribution in [2.75, 3.05) is 13.2 Å². The maximum absolute atomic E-state index is 12.2. The minimum Gasteiger partial charge on any atom is -0.462 e. The molecule has 0 spiro atoms. The van der Waals surface area contributed by atoms with Gasteiger partial charge in [-0.1, -0.05) is 0 Å². The Balaban J connectivity index is 1.67. The van der Waals surface area contributed by atoms with E-state index in [0.29, 0.717) is 6.42 Å². The fraction of sp³-hybridized carbons (Fsp3) is 0.750. The fourth-order valence-electron chi connectivity index (χ4n) is 3.86. The molecule has 1 aromatic rings. The number of H-pyrrole nitrogens is 1. The van der Waals surface area contributed by atoms with E-state index in [1.807, 2.05) is 6.92 Å². The zero-order valence-electron chi connectivity index (χ0n) is 18.0. The van der Waals surface area contributed by atoms with Crippen molar-refractivity contribution in [3.8, 4) is 0 Å². The van der Waals surface area contributed by atoms with E-state index in [2.05, 4.69) is 4.98 Å². The number of hydrogen-bond acceptors (Lipinski definition) is 8. The number of nitrogens with zero attached hydrogens (tertiary/aromatic N) is 1. The van der Waals surface area contributed by atoms with Crippen LogP contribution < -0.4 is 17.0 Å². The molecule has 2 saturated heterocycles. The molecule has 10 nitrogen and oxygen atoms in total. The van der Waals surface area contributed by atoms with Crippen LogP contribution in [0.25, 0.3) is 0 Å². The molecule has 0 saturated carbocycles. The molecule has 5 atom stereocenters. The molecule has 10 heteroatoms. The van der Waals surface area contributed by atoms with Gasteiger partial charge in [-0.05, 0) is 34.6 Å². The smallest absolute Gasteiger partial charge is 0.330 e. The first-order valence-electron chi connectivity index (χ1n) is 10.1. The number of aromatic nitrogens is 2. The van der Waals surface area contributed by atoms with Crippen LogP contribution in [0, 0.1) is 11.3 Å². The molecule has 1 aromatic heterocycles. The van der Waals surface area contributed by atoms with Crippen LogP contribution in [0.2, 0.25) is 0 Å². The zero-order chi connectivity index (χ0) is 22.3.